The standard InChI is InChI=1S/C25H23NO3/c1-18-12-14-19(15-13-18)23(27)16-22-24(28)29-17-25(26-22,20-8-4-2-5-9-20)21-10-6-3-7-11-21/h2-15,22,26H,16-17H2,1H3/t22-/m1/s1. The van der Waals surface area contributed by atoms with Crippen LogP contribution in [0.1, 0.15) is 33.5 Å². The van der Waals surface area contributed by atoms with E-state index in [0.29, 0.717) is 5.56 Å². The number of rotatable bonds is 5. The smallest absolute Gasteiger partial charge is 0.323 e. The Hall–Kier alpha value is -3.24. The van der Waals surface area contributed by atoms with Crippen molar-refractivity contribution >= 4 is 11.8 Å². The third-order valence-corrected chi connectivity index (χ3v) is 5.43. The molecule has 0 saturated carbocycles. The first-order valence-electron chi connectivity index (χ1n) is 9.74. The number of hydrogen-bond acceptors (Lipinski definition) is 4. The molecule has 0 unspecified atom stereocenters. The molecule has 1 heterocycles. The minimum absolute atomic E-state index is 0.0450. The quantitative estimate of drug-likeness (QED) is 0.532. The Bertz CT molecular complexity index is 958. The Morgan fingerprint density at radius 1 is 0.931 bits per heavy atom. The summed E-state index contributed by atoms with van der Waals surface area (Å²) in [7, 11) is 0. The van der Waals surface area contributed by atoms with E-state index >= 15 is 0 Å². The van der Waals surface area contributed by atoms with Crippen LogP contribution >= 0.6 is 0 Å². The summed E-state index contributed by atoms with van der Waals surface area (Å²) < 4.78 is 5.62. The molecule has 0 aliphatic carbocycles. The third-order valence-electron chi connectivity index (χ3n) is 5.43. The number of nitrogens with one attached hydrogen (secondary N) is 1. The van der Waals surface area contributed by atoms with E-state index < -0.39 is 17.6 Å². The normalized spacial score (nSPS) is 18.1. The maximum Gasteiger partial charge on any atom is 0.323 e. The maximum atomic E-state index is 12.8. The molecule has 0 radical (unpaired) electrons. The number of carbonyl (C=O) groups is 2. The lowest BCUT2D eigenvalue weighted by Gasteiger charge is -2.42. The molecule has 1 fully saturated rings. The zero-order chi connectivity index (χ0) is 20.3. The van der Waals surface area contributed by atoms with Gasteiger partial charge in [-0.2, -0.15) is 0 Å². The molecule has 0 bridgehead atoms. The van der Waals surface area contributed by atoms with Gasteiger partial charge in [0, 0.05) is 12.0 Å². The average molecular weight is 385 g/mol. The van der Waals surface area contributed by atoms with Gasteiger partial charge in [0.15, 0.2) is 5.78 Å². The second-order valence-corrected chi connectivity index (χ2v) is 7.44. The molecule has 1 aliphatic heterocycles. The van der Waals surface area contributed by atoms with E-state index in [-0.39, 0.29) is 18.8 Å². The van der Waals surface area contributed by atoms with Crippen LogP contribution in [0.4, 0.5) is 0 Å². The summed E-state index contributed by atoms with van der Waals surface area (Å²) in [4.78, 5) is 25.3. The van der Waals surface area contributed by atoms with Gasteiger partial charge < -0.3 is 4.74 Å². The molecular weight excluding hydrogens is 362 g/mol. The van der Waals surface area contributed by atoms with Crippen LogP contribution in [0.3, 0.4) is 0 Å². The SMILES string of the molecule is Cc1ccc(C(=O)C[C@H]2NC(c3ccccc3)(c3ccccc3)COC2=O)cc1. The molecule has 146 valence electrons. The monoisotopic (exact) mass is 385 g/mol. The van der Waals surface area contributed by atoms with Crippen molar-refractivity contribution in [3.8, 4) is 0 Å². The fourth-order valence-corrected chi connectivity index (χ4v) is 3.80. The molecule has 1 atom stereocenters. The summed E-state index contributed by atoms with van der Waals surface area (Å²) in [5.41, 5.74) is 2.97. The van der Waals surface area contributed by atoms with Gasteiger partial charge >= 0.3 is 5.97 Å². The maximum absolute atomic E-state index is 12.8. The fourth-order valence-electron chi connectivity index (χ4n) is 3.80. The van der Waals surface area contributed by atoms with Gasteiger partial charge in [-0.05, 0) is 18.1 Å². The Labute approximate surface area is 170 Å². The van der Waals surface area contributed by atoms with Crippen LogP contribution in [0.2, 0.25) is 0 Å². The highest BCUT2D eigenvalue weighted by atomic mass is 16.5. The molecule has 4 nitrogen and oxygen atoms in total. The van der Waals surface area contributed by atoms with Crippen LogP contribution in [-0.4, -0.2) is 24.4 Å². The topological polar surface area (TPSA) is 55.4 Å². The van der Waals surface area contributed by atoms with Crippen molar-refractivity contribution in [1.82, 2.24) is 5.32 Å². The summed E-state index contributed by atoms with van der Waals surface area (Å²) in [6.07, 6.45) is 0.0450. The van der Waals surface area contributed by atoms with Crippen molar-refractivity contribution in [1.29, 1.82) is 0 Å². The first-order valence-corrected chi connectivity index (χ1v) is 9.74. The fraction of sp³-hybridized carbons (Fsp3) is 0.200. The minimum atomic E-state index is -0.724. The second kappa shape index (κ2) is 8.02. The molecule has 3 aromatic carbocycles. The molecule has 0 amide bonds. The van der Waals surface area contributed by atoms with Gasteiger partial charge in [-0.3, -0.25) is 14.9 Å². The van der Waals surface area contributed by atoms with Crippen LogP contribution in [-0.2, 0) is 15.1 Å². The molecule has 1 saturated heterocycles. The van der Waals surface area contributed by atoms with Crippen LogP contribution in [0.25, 0.3) is 0 Å². The van der Waals surface area contributed by atoms with Crippen molar-refractivity contribution in [2.45, 2.75) is 24.9 Å². The summed E-state index contributed by atoms with van der Waals surface area (Å²) in [6.45, 7) is 2.15. The highest BCUT2D eigenvalue weighted by molar-refractivity contribution is 5.99. The van der Waals surface area contributed by atoms with E-state index in [9.17, 15) is 9.59 Å². The number of Topliss-reactive ketones (excluding diaryl/α,β-unsaturated/α-hetero) is 1. The molecule has 3 aromatic rings. The number of carbonyl (C=O) groups excluding carboxylic acids is 2. The first kappa shape index (κ1) is 19.1. The Balaban J connectivity index is 1.67. The number of cyclic esters (lactones) is 1. The van der Waals surface area contributed by atoms with Crippen LogP contribution in [0.15, 0.2) is 84.9 Å². The summed E-state index contributed by atoms with van der Waals surface area (Å²) >= 11 is 0. The Morgan fingerprint density at radius 2 is 1.48 bits per heavy atom. The predicted octanol–water partition coefficient (Wildman–Crippen LogP) is 4.03. The zero-order valence-corrected chi connectivity index (χ0v) is 16.3. The van der Waals surface area contributed by atoms with E-state index in [1.165, 1.54) is 0 Å². The van der Waals surface area contributed by atoms with Crippen molar-refractivity contribution in [3.05, 3.63) is 107 Å². The highest BCUT2D eigenvalue weighted by Gasteiger charge is 2.44. The van der Waals surface area contributed by atoms with Crippen LogP contribution < -0.4 is 5.32 Å². The number of esters is 1. The first-order chi connectivity index (χ1) is 14.1. The van der Waals surface area contributed by atoms with Crippen molar-refractivity contribution in [2.24, 2.45) is 0 Å². The second-order valence-electron chi connectivity index (χ2n) is 7.44. The van der Waals surface area contributed by atoms with E-state index in [1.54, 1.807) is 12.1 Å². The Morgan fingerprint density at radius 3 is 2.03 bits per heavy atom. The Kier molecular flexibility index (Phi) is 5.28. The number of benzene rings is 3. The molecule has 1 aliphatic rings. The largest absolute Gasteiger partial charge is 0.462 e. The predicted molar refractivity (Wildman–Crippen MR) is 112 cm³/mol. The van der Waals surface area contributed by atoms with Gasteiger partial charge in [0.2, 0.25) is 0 Å². The summed E-state index contributed by atoms with van der Waals surface area (Å²) in [5, 5.41) is 3.47. The lowest BCUT2D eigenvalue weighted by atomic mass is 9.81. The van der Waals surface area contributed by atoms with Gasteiger partial charge in [-0.15, -0.1) is 0 Å². The van der Waals surface area contributed by atoms with Crippen molar-refractivity contribution in [3.63, 3.8) is 0 Å². The van der Waals surface area contributed by atoms with Gasteiger partial charge in [-0.25, -0.2) is 0 Å². The highest BCUT2D eigenvalue weighted by Crippen LogP contribution is 2.34. The van der Waals surface area contributed by atoms with Crippen LogP contribution in [0, 0.1) is 6.92 Å². The summed E-state index contributed by atoms with van der Waals surface area (Å²) in [6, 6.07) is 26.5. The van der Waals surface area contributed by atoms with E-state index in [4.69, 9.17) is 4.74 Å². The molecule has 29 heavy (non-hydrogen) atoms. The number of aryl methyl sites for hydroxylation is 1. The molecule has 1 N–H and O–H groups in total. The van der Waals surface area contributed by atoms with E-state index in [1.807, 2.05) is 79.7 Å². The number of ether oxygens (including phenoxy) is 1. The number of morpholine rings is 1. The zero-order valence-electron chi connectivity index (χ0n) is 16.3. The van der Waals surface area contributed by atoms with Gasteiger partial charge in [0.25, 0.3) is 0 Å². The summed E-state index contributed by atoms with van der Waals surface area (Å²) in [5.74, 6) is -0.482. The third kappa shape index (κ3) is 3.84. The van der Waals surface area contributed by atoms with Gasteiger partial charge in [0.05, 0.1) is 0 Å². The van der Waals surface area contributed by atoms with E-state index in [0.717, 1.165) is 16.7 Å². The molecule has 4 heteroatoms. The molecule has 4 rings (SSSR count). The van der Waals surface area contributed by atoms with Crippen LogP contribution in [0.5, 0.6) is 0 Å². The molecule has 0 aromatic heterocycles. The average Bonchev–Trinajstić information content (AvgIpc) is 2.77. The number of ketones is 1. The van der Waals surface area contributed by atoms with Crippen molar-refractivity contribution in [2.75, 3.05) is 6.61 Å². The lowest BCUT2D eigenvalue weighted by Crippen LogP contribution is -2.60. The van der Waals surface area contributed by atoms with Gasteiger partial charge in [0.1, 0.15) is 18.2 Å². The van der Waals surface area contributed by atoms with Gasteiger partial charge in [-0.1, -0.05) is 90.5 Å². The minimum Gasteiger partial charge on any atom is -0.462 e. The number of hydrogen-bond donors (Lipinski definition) is 1. The molecular formula is C25H23NO3. The van der Waals surface area contributed by atoms with E-state index in [2.05, 4.69) is 5.32 Å². The lowest BCUT2D eigenvalue weighted by molar-refractivity contribution is -0.154. The molecule has 0 spiro atoms. The van der Waals surface area contributed by atoms with Crippen molar-refractivity contribution < 1.29 is 14.3 Å².